The number of ketones is 1. The number of aryl methyl sites for hydroxylation is 1. The van der Waals surface area contributed by atoms with Gasteiger partial charge in [0, 0.05) is 35.8 Å². The lowest BCUT2D eigenvalue weighted by atomic mass is 10.0. The van der Waals surface area contributed by atoms with Crippen molar-refractivity contribution in [3.63, 3.8) is 0 Å². The molecule has 2 aliphatic rings. The average molecular weight is 537 g/mol. The van der Waals surface area contributed by atoms with Crippen LogP contribution >= 0.6 is 23.2 Å². The van der Waals surface area contributed by atoms with Crippen LogP contribution in [0.5, 0.6) is 5.88 Å². The summed E-state index contributed by atoms with van der Waals surface area (Å²) in [5, 5.41) is 0.713. The first kappa shape index (κ1) is 25.2. The quantitative estimate of drug-likeness (QED) is 0.370. The molecule has 190 valence electrons. The molecule has 0 saturated heterocycles. The van der Waals surface area contributed by atoms with Gasteiger partial charge in [0.05, 0.1) is 34.7 Å². The van der Waals surface area contributed by atoms with Gasteiger partial charge in [0.1, 0.15) is 11.9 Å². The summed E-state index contributed by atoms with van der Waals surface area (Å²) in [6, 6.07) is 8.87. The summed E-state index contributed by atoms with van der Waals surface area (Å²) in [4.78, 5) is 36.9. The lowest BCUT2D eigenvalue weighted by Crippen LogP contribution is -2.30. The van der Waals surface area contributed by atoms with Crippen molar-refractivity contribution >= 4 is 34.9 Å². The fourth-order valence-electron chi connectivity index (χ4n) is 4.98. The Kier molecular flexibility index (Phi) is 6.68. The summed E-state index contributed by atoms with van der Waals surface area (Å²) in [5.41, 5.74) is 4.38. The molecule has 37 heavy (non-hydrogen) atoms. The number of rotatable bonds is 6. The molecule has 3 aromatic rings. The Hall–Kier alpha value is -3.42. The molecule has 1 aromatic carbocycles. The molecule has 0 spiro atoms. The third-order valence-electron chi connectivity index (χ3n) is 6.65. The van der Waals surface area contributed by atoms with Gasteiger partial charge in [-0.25, -0.2) is 4.98 Å². The number of fused-ring (bicyclic) bond motifs is 1. The predicted molar refractivity (Wildman–Crippen MR) is 143 cm³/mol. The van der Waals surface area contributed by atoms with Gasteiger partial charge in [-0.2, -0.15) is 4.98 Å². The van der Waals surface area contributed by atoms with Crippen molar-refractivity contribution < 1.29 is 14.3 Å². The van der Waals surface area contributed by atoms with Crippen molar-refractivity contribution in [2.75, 3.05) is 7.11 Å². The van der Waals surface area contributed by atoms with Crippen LogP contribution in [0.3, 0.4) is 0 Å². The number of amides is 1. The number of halogens is 2. The molecule has 0 fully saturated rings. The maximum Gasteiger partial charge on any atom is 0.261 e. The van der Waals surface area contributed by atoms with Crippen LogP contribution in [-0.2, 0) is 11.2 Å². The Bertz CT molecular complexity index is 1470. The highest BCUT2D eigenvalue weighted by atomic mass is 35.5. The number of allylic oxidation sites excluding steroid dienone is 3. The SMILES string of the molecule is CCc1ncc(-c2cc3c(n2C(C)C)C(c2ccc(Cl)cc2)N(C2=CCC(=O)C(Cl)=C2)C3=O)c(OC)n1. The molecule has 1 aliphatic carbocycles. The van der Waals surface area contributed by atoms with E-state index < -0.39 is 6.04 Å². The van der Waals surface area contributed by atoms with Gasteiger partial charge in [0.15, 0.2) is 5.78 Å². The molecule has 0 saturated carbocycles. The number of hydrogen-bond donors (Lipinski definition) is 0. The van der Waals surface area contributed by atoms with E-state index in [1.807, 2.05) is 37.3 Å². The largest absolute Gasteiger partial charge is 0.480 e. The summed E-state index contributed by atoms with van der Waals surface area (Å²) < 4.78 is 7.77. The zero-order chi connectivity index (χ0) is 26.4. The topological polar surface area (TPSA) is 77.3 Å². The number of Topliss-reactive ketones (excluding diaryl/α,β-unsaturated/α-hetero) is 1. The van der Waals surface area contributed by atoms with E-state index in [9.17, 15) is 9.59 Å². The first-order valence-corrected chi connectivity index (χ1v) is 12.9. The Morgan fingerprint density at radius 1 is 1.14 bits per heavy atom. The standard InChI is InChI=1S/C28H26Cl2N4O3/c1-5-24-31-14-20(27(32-24)37-4)22-13-19-26(33(22)15(2)3)25(16-6-8-17(29)9-7-16)34(28(19)36)18-10-11-23(35)21(30)12-18/h6-10,12-15,25H,5,11H2,1-4H3. The molecule has 1 amide bonds. The number of carbonyl (C=O) groups is 2. The van der Waals surface area contributed by atoms with Gasteiger partial charge in [-0.05, 0) is 43.7 Å². The molecule has 5 rings (SSSR count). The molecule has 2 aromatic heterocycles. The van der Waals surface area contributed by atoms with E-state index in [-0.39, 0.29) is 29.2 Å². The van der Waals surface area contributed by atoms with E-state index in [0.29, 0.717) is 40.0 Å². The van der Waals surface area contributed by atoms with Crippen LogP contribution in [0.15, 0.2) is 59.4 Å². The molecular formula is C28H26Cl2N4O3. The monoisotopic (exact) mass is 536 g/mol. The Morgan fingerprint density at radius 3 is 2.49 bits per heavy atom. The number of ether oxygens (including phenoxy) is 1. The van der Waals surface area contributed by atoms with Crippen LogP contribution in [0.2, 0.25) is 5.02 Å². The minimum atomic E-state index is -0.460. The average Bonchev–Trinajstić information content (AvgIpc) is 3.41. The van der Waals surface area contributed by atoms with E-state index in [1.165, 1.54) is 0 Å². The first-order chi connectivity index (χ1) is 17.7. The number of hydrogen-bond acceptors (Lipinski definition) is 5. The highest BCUT2D eigenvalue weighted by Gasteiger charge is 2.44. The van der Waals surface area contributed by atoms with Gasteiger partial charge < -0.3 is 9.30 Å². The molecular weight excluding hydrogens is 511 g/mol. The van der Waals surface area contributed by atoms with Crippen molar-refractivity contribution in [3.8, 4) is 17.1 Å². The number of carbonyl (C=O) groups excluding carboxylic acids is 2. The Morgan fingerprint density at radius 2 is 1.86 bits per heavy atom. The van der Waals surface area contributed by atoms with Crippen LogP contribution in [0.1, 0.15) is 66.7 Å². The van der Waals surface area contributed by atoms with Crippen molar-refractivity contribution in [2.24, 2.45) is 0 Å². The van der Waals surface area contributed by atoms with Crippen LogP contribution < -0.4 is 4.74 Å². The maximum atomic E-state index is 14.0. The first-order valence-electron chi connectivity index (χ1n) is 12.1. The number of nitrogens with zero attached hydrogens (tertiary/aromatic N) is 4. The third-order valence-corrected chi connectivity index (χ3v) is 7.22. The van der Waals surface area contributed by atoms with Crippen molar-refractivity contribution in [1.82, 2.24) is 19.4 Å². The maximum absolute atomic E-state index is 14.0. The van der Waals surface area contributed by atoms with Crippen LogP contribution in [-0.4, -0.2) is 38.2 Å². The van der Waals surface area contributed by atoms with E-state index in [0.717, 1.165) is 17.0 Å². The van der Waals surface area contributed by atoms with Crippen molar-refractivity contribution in [3.05, 3.63) is 87.1 Å². The van der Waals surface area contributed by atoms with E-state index in [1.54, 1.807) is 30.4 Å². The predicted octanol–water partition coefficient (Wildman–Crippen LogP) is 6.28. The zero-order valence-corrected chi connectivity index (χ0v) is 22.5. The van der Waals surface area contributed by atoms with Gasteiger partial charge in [-0.3, -0.25) is 14.5 Å². The third kappa shape index (κ3) is 4.26. The summed E-state index contributed by atoms with van der Waals surface area (Å²) in [7, 11) is 1.58. The highest BCUT2D eigenvalue weighted by Crippen LogP contribution is 2.47. The minimum absolute atomic E-state index is 0.00194. The summed E-state index contributed by atoms with van der Waals surface area (Å²) in [6.07, 6.45) is 5.90. The fourth-order valence-corrected chi connectivity index (χ4v) is 5.29. The summed E-state index contributed by atoms with van der Waals surface area (Å²) in [6.45, 7) is 6.12. The second-order valence-corrected chi connectivity index (χ2v) is 10.1. The second-order valence-electron chi connectivity index (χ2n) is 9.23. The van der Waals surface area contributed by atoms with E-state index in [2.05, 4.69) is 28.4 Å². The minimum Gasteiger partial charge on any atom is -0.480 e. The molecule has 3 heterocycles. The Balaban J connectivity index is 1.75. The van der Waals surface area contributed by atoms with Crippen LogP contribution in [0, 0.1) is 0 Å². The van der Waals surface area contributed by atoms with Gasteiger partial charge in [-0.1, -0.05) is 48.3 Å². The number of aromatic nitrogens is 3. The van der Waals surface area contributed by atoms with Crippen LogP contribution in [0.4, 0.5) is 0 Å². The fraction of sp³-hybridized carbons (Fsp3) is 0.286. The molecule has 0 N–H and O–H groups in total. The molecule has 0 bridgehead atoms. The van der Waals surface area contributed by atoms with Gasteiger partial charge in [0.25, 0.3) is 5.91 Å². The molecule has 1 aliphatic heterocycles. The molecule has 7 nitrogen and oxygen atoms in total. The number of methoxy groups -OCH3 is 1. The van der Waals surface area contributed by atoms with Crippen molar-refractivity contribution in [1.29, 1.82) is 0 Å². The second kappa shape index (κ2) is 9.80. The smallest absolute Gasteiger partial charge is 0.261 e. The number of benzene rings is 1. The lowest BCUT2D eigenvalue weighted by Gasteiger charge is -2.30. The zero-order valence-electron chi connectivity index (χ0n) is 21.0. The molecule has 9 heteroatoms. The molecule has 1 unspecified atom stereocenters. The van der Waals surface area contributed by atoms with E-state index >= 15 is 0 Å². The van der Waals surface area contributed by atoms with Crippen molar-refractivity contribution in [2.45, 2.75) is 45.7 Å². The summed E-state index contributed by atoms with van der Waals surface area (Å²) >= 11 is 12.4. The Labute approximate surface area is 225 Å². The van der Waals surface area contributed by atoms with E-state index in [4.69, 9.17) is 27.9 Å². The van der Waals surface area contributed by atoms with Gasteiger partial charge in [-0.15, -0.1) is 0 Å². The highest BCUT2D eigenvalue weighted by molar-refractivity contribution is 6.43. The van der Waals surface area contributed by atoms with Gasteiger partial charge in [0.2, 0.25) is 5.88 Å². The summed E-state index contributed by atoms with van der Waals surface area (Å²) in [5.74, 6) is 0.788. The molecule has 0 radical (unpaired) electrons. The lowest BCUT2D eigenvalue weighted by molar-refractivity contribution is -0.114. The van der Waals surface area contributed by atoms with Gasteiger partial charge >= 0.3 is 0 Å². The normalized spacial score (nSPS) is 17.3. The van der Waals surface area contributed by atoms with Crippen LogP contribution in [0.25, 0.3) is 11.3 Å². The molecule has 1 atom stereocenters.